The van der Waals surface area contributed by atoms with Gasteiger partial charge in [-0.05, 0) is 55.0 Å². The molecule has 0 amide bonds. The Balaban J connectivity index is 2.04. The second kappa shape index (κ2) is 4.79. The Morgan fingerprint density at radius 2 is 1.84 bits per heavy atom. The van der Waals surface area contributed by atoms with Crippen molar-refractivity contribution in [2.75, 3.05) is 0 Å². The fourth-order valence-electron chi connectivity index (χ4n) is 3.95. The van der Waals surface area contributed by atoms with Crippen LogP contribution in [0.2, 0.25) is 0 Å². The highest BCUT2D eigenvalue weighted by atomic mass is 32.1. The average Bonchev–Trinajstić information content (AvgIpc) is 2.91. The molecule has 0 saturated carbocycles. The monoisotopic (exact) mass is 350 g/mol. The molecule has 0 spiro atoms. The van der Waals surface area contributed by atoms with Gasteiger partial charge in [0.05, 0.1) is 15.6 Å². The van der Waals surface area contributed by atoms with E-state index >= 15 is 0 Å². The van der Waals surface area contributed by atoms with Crippen molar-refractivity contribution in [2.45, 2.75) is 20.8 Å². The highest BCUT2D eigenvalue weighted by molar-refractivity contribution is 7.18. The van der Waals surface area contributed by atoms with Gasteiger partial charge in [0.25, 0.3) is 5.69 Å². The third-order valence-electron chi connectivity index (χ3n) is 5.15. The van der Waals surface area contributed by atoms with Gasteiger partial charge in [0, 0.05) is 5.39 Å². The number of rotatable bonds is 0. The Kier molecular flexibility index (Phi) is 2.85. The zero-order chi connectivity index (χ0) is 17.5. The van der Waals surface area contributed by atoms with E-state index in [2.05, 4.69) is 43.5 Å². The predicted molar refractivity (Wildman–Crippen MR) is 100 cm³/mol. The fraction of sp³-hybridized carbons (Fsp3) is 0.190. The molecule has 1 aliphatic heterocycles. The molecule has 3 heterocycles. The number of fused-ring (bicyclic) bond motifs is 4. The zero-order valence-electron chi connectivity index (χ0n) is 14.5. The topological polar surface area (TPSA) is 13.1 Å². The van der Waals surface area contributed by atoms with Crippen LogP contribution in [0.3, 0.4) is 0 Å². The first-order chi connectivity index (χ1) is 11.9. The maximum Gasteiger partial charge on any atom is 0.257 e. The van der Waals surface area contributed by atoms with Gasteiger partial charge in [0.1, 0.15) is 12.8 Å². The second-order valence-electron chi connectivity index (χ2n) is 6.91. The Hall–Kier alpha value is -2.46. The summed E-state index contributed by atoms with van der Waals surface area (Å²) in [6, 6.07) is 8.08. The standard InChI is InChI=1S/C21H17FNOS/c1-10-5-13-7-11(2)12(3)17-18(13)15(6-10)24-20-19(17)23(4)9-14-8-16(22)25-21(14)20/h5-9H,1-4H3/q+1. The number of pyridine rings is 1. The van der Waals surface area contributed by atoms with Gasteiger partial charge in [-0.3, -0.25) is 0 Å². The first-order valence-corrected chi connectivity index (χ1v) is 9.10. The summed E-state index contributed by atoms with van der Waals surface area (Å²) in [6.07, 6.45) is 1.99. The Morgan fingerprint density at radius 3 is 2.64 bits per heavy atom. The summed E-state index contributed by atoms with van der Waals surface area (Å²) in [7, 11) is 2.00. The molecule has 0 atom stereocenters. The molecule has 124 valence electrons. The molecule has 4 aromatic rings. The number of aryl methyl sites for hydroxylation is 3. The summed E-state index contributed by atoms with van der Waals surface area (Å²) in [6.45, 7) is 6.38. The van der Waals surface area contributed by atoms with Crippen LogP contribution in [-0.2, 0) is 7.05 Å². The van der Waals surface area contributed by atoms with Crippen LogP contribution in [0, 0.1) is 25.9 Å². The van der Waals surface area contributed by atoms with E-state index in [4.69, 9.17) is 4.74 Å². The van der Waals surface area contributed by atoms with Gasteiger partial charge < -0.3 is 4.74 Å². The largest absolute Gasteiger partial charge is 0.448 e. The van der Waals surface area contributed by atoms with E-state index in [0.717, 1.165) is 49.6 Å². The summed E-state index contributed by atoms with van der Waals surface area (Å²) < 4.78 is 23.2. The van der Waals surface area contributed by atoms with E-state index in [0.29, 0.717) is 0 Å². The number of nitrogens with zero attached hydrogens (tertiary/aromatic N) is 1. The third-order valence-corrected chi connectivity index (χ3v) is 6.09. The normalized spacial score (nSPS) is 12.5. The number of hydrogen-bond donors (Lipinski definition) is 0. The van der Waals surface area contributed by atoms with Crippen molar-refractivity contribution in [1.82, 2.24) is 0 Å². The molecule has 0 aliphatic carbocycles. The molecule has 0 fully saturated rings. The number of hydrogen-bond acceptors (Lipinski definition) is 2. The number of aromatic nitrogens is 1. The Labute approximate surface area is 149 Å². The molecule has 0 radical (unpaired) electrons. The SMILES string of the molecule is Cc1cc2c3c(c(C)c(C)cc3c1)-c1c(c3sc(F)cc3c[n+]1C)O2. The number of thiophene rings is 1. The molecule has 1 aliphatic rings. The maximum atomic E-state index is 13.9. The quantitative estimate of drug-likeness (QED) is 0.326. The molecule has 0 N–H and O–H groups in total. The minimum Gasteiger partial charge on any atom is -0.448 e. The molecule has 2 aromatic heterocycles. The highest BCUT2D eigenvalue weighted by Crippen LogP contribution is 2.50. The van der Waals surface area contributed by atoms with E-state index in [1.165, 1.54) is 22.1 Å². The van der Waals surface area contributed by atoms with Crippen molar-refractivity contribution in [3.8, 4) is 22.8 Å². The lowest BCUT2D eigenvalue weighted by molar-refractivity contribution is -0.659. The van der Waals surface area contributed by atoms with Gasteiger partial charge in [-0.15, -0.1) is 11.3 Å². The fourth-order valence-corrected chi connectivity index (χ4v) is 4.79. The number of benzene rings is 2. The molecule has 2 aromatic carbocycles. The maximum absolute atomic E-state index is 13.9. The van der Waals surface area contributed by atoms with Gasteiger partial charge in [0.15, 0.2) is 11.3 Å². The molecule has 2 nitrogen and oxygen atoms in total. The van der Waals surface area contributed by atoms with Crippen LogP contribution >= 0.6 is 11.3 Å². The van der Waals surface area contributed by atoms with E-state index in [9.17, 15) is 4.39 Å². The average molecular weight is 350 g/mol. The lowest BCUT2D eigenvalue weighted by Crippen LogP contribution is -2.32. The second-order valence-corrected chi connectivity index (χ2v) is 7.91. The summed E-state index contributed by atoms with van der Waals surface area (Å²) in [5.74, 6) is 1.63. The first-order valence-electron chi connectivity index (χ1n) is 8.28. The van der Waals surface area contributed by atoms with Crippen molar-refractivity contribution in [3.05, 3.63) is 52.3 Å². The van der Waals surface area contributed by atoms with E-state index in [1.807, 2.05) is 13.2 Å². The molecule has 0 saturated heterocycles. The van der Waals surface area contributed by atoms with Gasteiger partial charge in [-0.1, -0.05) is 12.1 Å². The van der Waals surface area contributed by atoms with Crippen LogP contribution in [-0.4, -0.2) is 0 Å². The van der Waals surface area contributed by atoms with Crippen LogP contribution < -0.4 is 9.30 Å². The van der Waals surface area contributed by atoms with Crippen molar-refractivity contribution < 1.29 is 13.7 Å². The number of halogens is 1. The Morgan fingerprint density at radius 1 is 1.04 bits per heavy atom. The van der Waals surface area contributed by atoms with Crippen LogP contribution in [0.1, 0.15) is 16.7 Å². The van der Waals surface area contributed by atoms with E-state index < -0.39 is 0 Å². The Bertz CT molecular complexity index is 1220. The van der Waals surface area contributed by atoms with E-state index in [1.54, 1.807) is 6.07 Å². The lowest BCUT2D eigenvalue weighted by atomic mass is 9.90. The number of ether oxygens (including phenoxy) is 1. The van der Waals surface area contributed by atoms with Crippen molar-refractivity contribution in [2.24, 2.45) is 7.05 Å². The summed E-state index contributed by atoms with van der Waals surface area (Å²) in [5, 5.41) is 3.03. The molecule has 0 unspecified atom stereocenters. The lowest BCUT2D eigenvalue weighted by Gasteiger charge is -2.22. The molecule has 5 rings (SSSR count). The van der Waals surface area contributed by atoms with E-state index in [-0.39, 0.29) is 5.13 Å². The van der Waals surface area contributed by atoms with Crippen molar-refractivity contribution in [1.29, 1.82) is 0 Å². The van der Waals surface area contributed by atoms with Crippen molar-refractivity contribution >= 4 is 32.2 Å². The molecular weight excluding hydrogens is 333 g/mol. The van der Waals surface area contributed by atoms with Crippen LogP contribution in [0.15, 0.2) is 30.5 Å². The van der Waals surface area contributed by atoms with Crippen LogP contribution in [0.25, 0.3) is 32.1 Å². The third kappa shape index (κ3) is 1.91. The summed E-state index contributed by atoms with van der Waals surface area (Å²) >= 11 is 1.15. The van der Waals surface area contributed by atoms with Gasteiger partial charge in [0.2, 0.25) is 5.75 Å². The summed E-state index contributed by atoms with van der Waals surface area (Å²) in [4.78, 5) is 0. The summed E-state index contributed by atoms with van der Waals surface area (Å²) in [5.41, 5.74) is 5.88. The highest BCUT2D eigenvalue weighted by Gasteiger charge is 2.32. The van der Waals surface area contributed by atoms with Crippen LogP contribution in [0.4, 0.5) is 4.39 Å². The molecule has 0 bridgehead atoms. The van der Waals surface area contributed by atoms with Crippen molar-refractivity contribution in [3.63, 3.8) is 0 Å². The predicted octanol–water partition coefficient (Wildman–Crippen LogP) is 5.72. The minimum absolute atomic E-state index is 0.187. The zero-order valence-corrected chi connectivity index (χ0v) is 15.3. The smallest absolute Gasteiger partial charge is 0.257 e. The molecular formula is C21H17FNOS+. The molecule has 4 heteroatoms. The molecule has 25 heavy (non-hydrogen) atoms. The van der Waals surface area contributed by atoms with Gasteiger partial charge in [-0.25, -0.2) is 0 Å². The van der Waals surface area contributed by atoms with Gasteiger partial charge >= 0.3 is 0 Å². The van der Waals surface area contributed by atoms with Crippen LogP contribution in [0.5, 0.6) is 11.5 Å². The first kappa shape index (κ1) is 14.8. The van der Waals surface area contributed by atoms with Gasteiger partial charge in [-0.2, -0.15) is 8.96 Å². The minimum atomic E-state index is -0.187.